The molecule has 0 amide bonds. The molecule has 0 saturated heterocycles. The van der Waals surface area contributed by atoms with E-state index in [1.165, 1.54) is 18.5 Å². The molecule has 0 radical (unpaired) electrons. The largest absolute Gasteiger partial charge is 0.313 e. The minimum atomic E-state index is 0.955. The Balaban J connectivity index is 3.60. The summed E-state index contributed by atoms with van der Waals surface area (Å²) in [7, 11) is 0. The van der Waals surface area contributed by atoms with Gasteiger partial charge >= 0.3 is 0 Å². The van der Waals surface area contributed by atoms with Crippen LogP contribution in [-0.4, -0.2) is 37.6 Å². The summed E-state index contributed by atoms with van der Waals surface area (Å²) in [6, 6.07) is 0. The third-order valence-electron chi connectivity index (χ3n) is 2.06. The van der Waals surface area contributed by atoms with Crippen LogP contribution < -0.4 is 5.32 Å². The lowest BCUT2D eigenvalue weighted by Crippen LogP contribution is -2.29. The van der Waals surface area contributed by atoms with Crippen molar-refractivity contribution in [3.63, 3.8) is 0 Å². The minimum absolute atomic E-state index is 0.955. The molecule has 0 aromatic heterocycles. The molecule has 1 N–H and O–H groups in total. The SMILES string of the molecule is C=C(CNCC)CN(CC)CCC. The average Bonchev–Trinajstić information content (AvgIpc) is 2.14. The van der Waals surface area contributed by atoms with Crippen molar-refractivity contribution < 1.29 is 0 Å². The van der Waals surface area contributed by atoms with E-state index in [0.29, 0.717) is 0 Å². The fourth-order valence-corrected chi connectivity index (χ4v) is 1.34. The second-order valence-corrected chi connectivity index (χ2v) is 3.40. The zero-order valence-electron chi connectivity index (χ0n) is 9.40. The van der Waals surface area contributed by atoms with E-state index in [9.17, 15) is 0 Å². The smallest absolute Gasteiger partial charge is 0.0202 e. The first-order chi connectivity index (χ1) is 6.24. The van der Waals surface area contributed by atoms with Gasteiger partial charge in [0.15, 0.2) is 0 Å². The van der Waals surface area contributed by atoms with Gasteiger partial charge in [0, 0.05) is 13.1 Å². The van der Waals surface area contributed by atoms with Crippen molar-refractivity contribution in [2.24, 2.45) is 0 Å². The first-order valence-corrected chi connectivity index (χ1v) is 5.34. The van der Waals surface area contributed by atoms with Gasteiger partial charge in [-0.3, -0.25) is 4.90 Å². The van der Waals surface area contributed by atoms with Crippen LogP contribution in [0.4, 0.5) is 0 Å². The van der Waals surface area contributed by atoms with Gasteiger partial charge in [-0.2, -0.15) is 0 Å². The van der Waals surface area contributed by atoms with Crippen molar-refractivity contribution in [2.75, 3.05) is 32.7 Å². The predicted octanol–water partition coefficient (Wildman–Crippen LogP) is 1.88. The van der Waals surface area contributed by atoms with Crippen LogP contribution >= 0.6 is 0 Å². The molecule has 0 spiro atoms. The molecule has 0 aromatic carbocycles. The van der Waals surface area contributed by atoms with Crippen LogP contribution in [0.15, 0.2) is 12.2 Å². The third-order valence-corrected chi connectivity index (χ3v) is 2.06. The van der Waals surface area contributed by atoms with Crippen LogP contribution in [0.1, 0.15) is 27.2 Å². The molecule has 0 atom stereocenters. The van der Waals surface area contributed by atoms with Gasteiger partial charge in [-0.25, -0.2) is 0 Å². The molecular weight excluding hydrogens is 160 g/mol. The van der Waals surface area contributed by atoms with E-state index < -0.39 is 0 Å². The van der Waals surface area contributed by atoms with E-state index in [-0.39, 0.29) is 0 Å². The van der Waals surface area contributed by atoms with Crippen LogP contribution in [0.5, 0.6) is 0 Å². The van der Waals surface area contributed by atoms with E-state index in [1.807, 2.05) is 0 Å². The molecule has 0 aliphatic carbocycles. The fourth-order valence-electron chi connectivity index (χ4n) is 1.34. The van der Waals surface area contributed by atoms with E-state index in [4.69, 9.17) is 0 Å². The lowest BCUT2D eigenvalue weighted by molar-refractivity contribution is 0.311. The highest BCUT2D eigenvalue weighted by atomic mass is 15.1. The molecule has 0 aliphatic heterocycles. The van der Waals surface area contributed by atoms with Gasteiger partial charge in [-0.1, -0.05) is 27.4 Å². The molecule has 2 heteroatoms. The second kappa shape index (κ2) is 8.27. The van der Waals surface area contributed by atoms with Crippen LogP contribution in [-0.2, 0) is 0 Å². The summed E-state index contributed by atoms with van der Waals surface area (Å²) in [4.78, 5) is 2.43. The fraction of sp³-hybridized carbons (Fsp3) is 0.818. The standard InChI is InChI=1S/C11H24N2/c1-5-8-13(7-3)10-11(4)9-12-6-2/h12H,4-10H2,1-3H3. The summed E-state index contributed by atoms with van der Waals surface area (Å²) >= 11 is 0. The molecule has 0 fully saturated rings. The van der Waals surface area contributed by atoms with Crippen molar-refractivity contribution in [2.45, 2.75) is 27.2 Å². The number of likely N-dealkylation sites (N-methyl/N-ethyl adjacent to an activating group) is 2. The molecule has 78 valence electrons. The molecule has 0 aliphatic rings. The quantitative estimate of drug-likeness (QED) is 0.579. The van der Waals surface area contributed by atoms with Gasteiger partial charge in [0.25, 0.3) is 0 Å². The van der Waals surface area contributed by atoms with Gasteiger partial charge < -0.3 is 5.32 Å². The lowest BCUT2D eigenvalue weighted by atomic mass is 10.2. The van der Waals surface area contributed by atoms with Gasteiger partial charge in [0.2, 0.25) is 0 Å². The van der Waals surface area contributed by atoms with Crippen molar-refractivity contribution in [1.29, 1.82) is 0 Å². The summed E-state index contributed by atoms with van der Waals surface area (Å²) in [5.41, 5.74) is 1.29. The molecule has 13 heavy (non-hydrogen) atoms. The van der Waals surface area contributed by atoms with Crippen LogP contribution in [0.3, 0.4) is 0 Å². The Bertz CT molecular complexity index is 132. The Morgan fingerprint density at radius 3 is 2.46 bits per heavy atom. The maximum atomic E-state index is 4.06. The van der Waals surface area contributed by atoms with Gasteiger partial charge in [0.05, 0.1) is 0 Å². The molecule has 0 saturated carbocycles. The number of nitrogens with one attached hydrogen (secondary N) is 1. The Morgan fingerprint density at radius 1 is 1.31 bits per heavy atom. The maximum Gasteiger partial charge on any atom is 0.0202 e. The summed E-state index contributed by atoms with van der Waals surface area (Å²) in [6.07, 6.45) is 1.22. The van der Waals surface area contributed by atoms with Gasteiger partial charge in [-0.05, 0) is 31.6 Å². The van der Waals surface area contributed by atoms with E-state index >= 15 is 0 Å². The molecule has 0 unspecified atom stereocenters. The first kappa shape index (κ1) is 12.7. The number of nitrogens with zero attached hydrogens (tertiary/aromatic N) is 1. The highest BCUT2D eigenvalue weighted by Crippen LogP contribution is 1.96. The molecule has 0 aromatic rings. The van der Waals surface area contributed by atoms with Gasteiger partial charge in [0.1, 0.15) is 0 Å². The Hall–Kier alpha value is -0.340. The zero-order valence-corrected chi connectivity index (χ0v) is 9.40. The molecule has 0 heterocycles. The van der Waals surface area contributed by atoms with Crippen LogP contribution in [0.2, 0.25) is 0 Å². The zero-order chi connectivity index (χ0) is 10.1. The van der Waals surface area contributed by atoms with E-state index in [1.54, 1.807) is 0 Å². The monoisotopic (exact) mass is 184 g/mol. The topological polar surface area (TPSA) is 15.3 Å². The molecule has 0 bridgehead atoms. The Morgan fingerprint density at radius 2 is 2.00 bits per heavy atom. The average molecular weight is 184 g/mol. The summed E-state index contributed by atoms with van der Waals surface area (Å²) in [6.45, 7) is 15.9. The van der Waals surface area contributed by atoms with Crippen molar-refractivity contribution in [1.82, 2.24) is 10.2 Å². The summed E-state index contributed by atoms with van der Waals surface area (Å²) in [5, 5.41) is 3.29. The third kappa shape index (κ3) is 6.79. The molecule has 2 nitrogen and oxygen atoms in total. The lowest BCUT2D eigenvalue weighted by Gasteiger charge is -2.20. The van der Waals surface area contributed by atoms with Crippen molar-refractivity contribution >= 4 is 0 Å². The number of hydrogen-bond donors (Lipinski definition) is 1. The predicted molar refractivity (Wildman–Crippen MR) is 60.1 cm³/mol. The van der Waals surface area contributed by atoms with Crippen LogP contribution in [0.25, 0.3) is 0 Å². The number of rotatable bonds is 8. The van der Waals surface area contributed by atoms with Gasteiger partial charge in [-0.15, -0.1) is 0 Å². The first-order valence-electron chi connectivity index (χ1n) is 5.34. The highest BCUT2D eigenvalue weighted by Gasteiger charge is 2.02. The van der Waals surface area contributed by atoms with E-state index in [2.05, 4.69) is 37.6 Å². The molecule has 0 rings (SSSR count). The summed E-state index contributed by atoms with van der Waals surface area (Å²) in [5.74, 6) is 0. The van der Waals surface area contributed by atoms with E-state index in [0.717, 1.165) is 26.2 Å². The Labute approximate surface area is 83.0 Å². The second-order valence-electron chi connectivity index (χ2n) is 3.40. The van der Waals surface area contributed by atoms with Crippen molar-refractivity contribution in [3.8, 4) is 0 Å². The highest BCUT2D eigenvalue weighted by molar-refractivity contribution is 4.99. The van der Waals surface area contributed by atoms with Crippen molar-refractivity contribution in [3.05, 3.63) is 12.2 Å². The number of hydrogen-bond acceptors (Lipinski definition) is 2. The van der Waals surface area contributed by atoms with Crippen LogP contribution in [0, 0.1) is 0 Å². The summed E-state index contributed by atoms with van der Waals surface area (Å²) < 4.78 is 0. The minimum Gasteiger partial charge on any atom is -0.313 e. The Kier molecular flexibility index (Phi) is 8.05. The normalized spacial score (nSPS) is 10.8. The maximum absolute atomic E-state index is 4.06. The molecular formula is C11H24N2.